The third-order valence-corrected chi connectivity index (χ3v) is 9.13. The van der Waals surface area contributed by atoms with Gasteiger partial charge in [-0.2, -0.15) is 5.10 Å². The van der Waals surface area contributed by atoms with Crippen molar-refractivity contribution in [1.82, 2.24) is 14.7 Å². The number of thioether (sulfide) groups is 1. The van der Waals surface area contributed by atoms with Gasteiger partial charge in [-0.05, 0) is 86.9 Å². The number of aryl methyl sites for hydroxylation is 2. The number of ether oxygens (including phenoxy) is 1. The van der Waals surface area contributed by atoms with Gasteiger partial charge in [-0.15, -0.1) is 11.8 Å². The van der Waals surface area contributed by atoms with Crippen LogP contribution in [0.3, 0.4) is 0 Å². The van der Waals surface area contributed by atoms with Crippen LogP contribution in [0.25, 0.3) is 0 Å². The lowest BCUT2D eigenvalue weighted by Gasteiger charge is -2.34. The predicted octanol–water partition coefficient (Wildman–Crippen LogP) is 5.59. The molecular weight excluding hydrogens is 546 g/mol. The third-order valence-electron chi connectivity index (χ3n) is 8.05. The molecule has 2 aromatic carbocycles. The maximum Gasteiger partial charge on any atom is 0.242 e. The van der Waals surface area contributed by atoms with Crippen molar-refractivity contribution < 1.29 is 9.53 Å². The Hall–Kier alpha value is -3.50. The number of rotatable bonds is 9. The lowest BCUT2D eigenvalue weighted by Crippen LogP contribution is -2.48. The SMILES string of the molecule is COc1cc(C2CCN(C(=O)C3(N)CC3)CC2)c(C)cc1NC/N=C(/Nc1ccccc1SC(C)C)n1nccc1C. The lowest BCUT2D eigenvalue weighted by molar-refractivity contribution is -0.134. The van der Waals surface area contributed by atoms with E-state index < -0.39 is 5.54 Å². The molecule has 4 N–H and O–H groups in total. The summed E-state index contributed by atoms with van der Waals surface area (Å²) in [5.41, 5.74) is 10.9. The van der Waals surface area contributed by atoms with Gasteiger partial charge in [-0.1, -0.05) is 26.0 Å². The zero-order valence-corrected chi connectivity index (χ0v) is 26.1. The molecule has 9 nitrogen and oxygen atoms in total. The minimum absolute atomic E-state index is 0.122. The fourth-order valence-corrected chi connectivity index (χ4v) is 6.42. The molecule has 10 heteroatoms. The molecule has 0 unspecified atom stereocenters. The van der Waals surface area contributed by atoms with E-state index in [9.17, 15) is 4.79 Å². The van der Waals surface area contributed by atoms with Crippen LogP contribution in [0.2, 0.25) is 0 Å². The summed E-state index contributed by atoms with van der Waals surface area (Å²) in [6, 6.07) is 14.5. The number of hydrogen-bond donors (Lipinski definition) is 3. The van der Waals surface area contributed by atoms with Gasteiger partial charge in [0, 0.05) is 35.1 Å². The van der Waals surface area contributed by atoms with Crippen LogP contribution in [0.15, 0.2) is 58.5 Å². The number of piperidine rings is 1. The topological polar surface area (TPSA) is 110 Å². The number of methoxy groups -OCH3 is 1. The molecule has 0 bridgehead atoms. The number of anilines is 2. The molecule has 2 heterocycles. The standard InChI is InChI=1S/C32H43N7O2S/c1-21(2)42-29-9-7-6-8-26(29)37-31(39-23(4)10-15-36-39)35-20-34-27-18-22(3)25(19-28(27)41-5)24-11-16-38(17-12-24)30(40)32(33)13-14-32/h6-10,15,18-19,21,24,34H,11-14,16-17,20,33H2,1-5H3,(H,35,37). The highest BCUT2D eigenvalue weighted by atomic mass is 32.2. The quantitative estimate of drug-likeness (QED) is 0.170. The number of nitrogens with two attached hydrogens (primary N) is 1. The molecule has 1 aromatic heterocycles. The van der Waals surface area contributed by atoms with Crippen LogP contribution in [0.5, 0.6) is 5.75 Å². The van der Waals surface area contributed by atoms with Gasteiger partial charge in [0.15, 0.2) is 0 Å². The van der Waals surface area contributed by atoms with Crippen LogP contribution in [0.4, 0.5) is 11.4 Å². The van der Waals surface area contributed by atoms with E-state index in [-0.39, 0.29) is 5.91 Å². The Morgan fingerprint density at radius 1 is 1.17 bits per heavy atom. The number of carbonyl (C=O) groups excluding carboxylic acids is 1. The number of para-hydroxylation sites is 1. The summed E-state index contributed by atoms with van der Waals surface area (Å²) in [6.07, 6.45) is 5.25. The summed E-state index contributed by atoms with van der Waals surface area (Å²) < 4.78 is 7.63. The molecule has 1 aliphatic heterocycles. The number of nitrogens with zero attached hydrogens (tertiary/aromatic N) is 4. The fraction of sp³-hybridized carbons (Fsp3) is 0.469. The zero-order chi connectivity index (χ0) is 29.9. The first-order chi connectivity index (χ1) is 20.2. The maximum absolute atomic E-state index is 12.7. The van der Waals surface area contributed by atoms with Crippen LogP contribution < -0.4 is 21.1 Å². The van der Waals surface area contributed by atoms with E-state index >= 15 is 0 Å². The Balaban J connectivity index is 1.30. The zero-order valence-electron chi connectivity index (χ0n) is 25.3. The van der Waals surface area contributed by atoms with Crippen LogP contribution >= 0.6 is 11.8 Å². The molecule has 1 amide bonds. The molecule has 224 valence electrons. The average molecular weight is 590 g/mol. The van der Waals surface area contributed by atoms with E-state index in [0.717, 1.165) is 66.5 Å². The van der Waals surface area contributed by atoms with Gasteiger partial charge >= 0.3 is 0 Å². The second kappa shape index (κ2) is 12.8. The number of hydrogen-bond acceptors (Lipinski definition) is 7. The second-order valence-electron chi connectivity index (χ2n) is 11.6. The van der Waals surface area contributed by atoms with Gasteiger partial charge in [-0.25, -0.2) is 9.67 Å². The predicted molar refractivity (Wildman–Crippen MR) is 172 cm³/mol. The van der Waals surface area contributed by atoms with Crippen molar-refractivity contribution >= 4 is 35.0 Å². The maximum atomic E-state index is 12.7. The van der Waals surface area contributed by atoms with Gasteiger partial charge < -0.3 is 26.0 Å². The van der Waals surface area contributed by atoms with Crippen molar-refractivity contribution in [2.75, 3.05) is 37.5 Å². The summed E-state index contributed by atoms with van der Waals surface area (Å²) in [6.45, 7) is 10.4. The van der Waals surface area contributed by atoms with Crippen LogP contribution in [0, 0.1) is 13.8 Å². The highest BCUT2D eigenvalue weighted by Crippen LogP contribution is 2.39. The fourth-order valence-electron chi connectivity index (χ4n) is 5.51. The molecule has 42 heavy (non-hydrogen) atoms. The number of carbonyl (C=O) groups is 1. The molecule has 1 saturated heterocycles. The van der Waals surface area contributed by atoms with Gasteiger partial charge in [0.2, 0.25) is 11.9 Å². The van der Waals surface area contributed by atoms with Gasteiger partial charge in [0.25, 0.3) is 0 Å². The van der Waals surface area contributed by atoms with E-state index in [1.54, 1.807) is 13.3 Å². The van der Waals surface area contributed by atoms with Crippen molar-refractivity contribution in [1.29, 1.82) is 0 Å². The summed E-state index contributed by atoms with van der Waals surface area (Å²) in [7, 11) is 1.70. The van der Waals surface area contributed by atoms with Crippen molar-refractivity contribution in [3.8, 4) is 5.75 Å². The largest absolute Gasteiger partial charge is 0.495 e. The van der Waals surface area contributed by atoms with Crippen molar-refractivity contribution in [2.24, 2.45) is 10.7 Å². The Labute approximate surface area is 253 Å². The molecular formula is C32H43N7O2S. The number of aromatic nitrogens is 2. The lowest BCUT2D eigenvalue weighted by atomic mass is 9.86. The molecule has 0 spiro atoms. The highest BCUT2D eigenvalue weighted by Gasteiger charge is 2.48. The summed E-state index contributed by atoms with van der Waals surface area (Å²) in [4.78, 5) is 20.7. The summed E-state index contributed by atoms with van der Waals surface area (Å²) in [5.74, 6) is 1.93. The van der Waals surface area contributed by atoms with E-state index in [2.05, 4.69) is 66.8 Å². The molecule has 5 rings (SSSR count). The van der Waals surface area contributed by atoms with Crippen molar-refractivity contribution in [3.63, 3.8) is 0 Å². The Kier molecular flexibility index (Phi) is 9.13. The first-order valence-electron chi connectivity index (χ1n) is 14.8. The highest BCUT2D eigenvalue weighted by molar-refractivity contribution is 8.00. The normalized spacial score (nSPS) is 16.9. The minimum atomic E-state index is -0.594. The molecule has 0 atom stereocenters. The monoisotopic (exact) mass is 589 g/mol. The molecule has 2 aliphatic rings. The molecule has 1 saturated carbocycles. The minimum Gasteiger partial charge on any atom is -0.495 e. The van der Waals surface area contributed by atoms with Crippen LogP contribution in [0.1, 0.15) is 62.3 Å². The van der Waals surface area contributed by atoms with E-state index in [0.29, 0.717) is 23.8 Å². The second-order valence-corrected chi connectivity index (χ2v) is 13.2. The van der Waals surface area contributed by atoms with Crippen molar-refractivity contribution in [2.45, 2.75) is 75.0 Å². The number of amides is 1. The van der Waals surface area contributed by atoms with Crippen LogP contribution in [-0.2, 0) is 4.79 Å². The van der Waals surface area contributed by atoms with Crippen molar-refractivity contribution in [3.05, 3.63) is 65.5 Å². The van der Waals surface area contributed by atoms with E-state index in [1.807, 2.05) is 40.4 Å². The Bertz CT molecular complexity index is 1440. The van der Waals surface area contributed by atoms with Gasteiger partial charge in [0.05, 0.1) is 24.0 Å². The number of nitrogens with one attached hydrogen (secondary N) is 2. The summed E-state index contributed by atoms with van der Waals surface area (Å²) in [5, 5.41) is 11.9. The number of benzene rings is 2. The van der Waals surface area contributed by atoms with E-state index in [1.165, 1.54) is 11.1 Å². The third kappa shape index (κ3) is 6.76. The number of aliphatic imine (C=N–C) groups is 1. The smallest absolute Gasteiger partial charge is 0.242 e. The Morgan fingerprint density at radius 2 is 1.90 bits per heavy atom. The molecule has 0 radical (unpaired) electrons. The molecule has 1 aliphatic carbocycles. The first-order valence-corrected chi connectivity index (χ1v) is 15.7. The van der Waals surface area contributed by atoms with E-state index in [4.69, 9.17) is 15.5 Å². The average Bonchev–Trinajstić information content (AvgIpc) is 3.59. The van der Waals surface area contributed by atoms with Gasteiger partial charge in [0.1, 0.15) is 12.4 Å². The van der Waals surface area contributed by atoms with Gasteiger partial charge in [-0.3, -0.25) is 4.79 Å². The summed E-state index contributed by atoms with van der Waals surface area (Å²) >= 11 is 1.81. The molecule has 3 aromatic rings. The molecule has 2 fully saturated rings. The van der Waals surface area contributed by atoms with Crippen LogP contribution in [-0.4, -0.2) is 64.2 Å². The Morgan fingerprint density at radius 3 is 2.55 bits per heavy atom. The first kappa shape index (κ1) is 30.0. The number of likely N-dealkylation sites (tertiary alicyclic amines) is 1.